The second-order valence-corrected chi connectivity index (χ2v) is 7.86. The van der Waals surface area contributed by atoms with Crippen LogP contribution in [0.15, 0.2) is 24.3 Å². The van der Waals surface area contributed by atoms with Crippen LogP contribution in [-0.2, 0) is 14.3 Å². The molecular weight excluding hydrogens is 378 g/mol. The largest absolute Gasteiger partial charge is 0.464 e. The molecule has 0 aliphatic rings. The molecule has 1 rings (SSSR count). The van der Waals surface area contributed by atoms with Crippen LogP contribution < -0.4 is 5.32 Å². The molecule has 1 aromatic carbocycles. The molecule has 0 bridgehead atoms. The quantitative estimate of drug-likeness (QED) is 0.528. The van der Waals surface area contributed by atoms with Gasteiger partial charge in [-0.2, -0.15) is 11.8 Å². The summed E-state index contributed by atoms with van der Waals surface area (Å²) < 4.78 is 10.1. The van der Waals surface area contributed by atoms with Crippen molar-refractivity contribution >= 4 is 41.2 Å². The van der Waals surface area contributed by atoms with E-state index < -0.39 is 23.7 Å². The number of ether oxygens (including phenoxy) is 2. The number of halogens is 1. The van der Waals surface area contributed by atoms with E-state index in [2.05, 4.69) is 5.32 Å². The average molecular weight is 402 g/mol. The summed E-state index contributed by atoms with van der Waals surface area (Å²) in [6.45, 7) is 7.06. The summed E-state index contributed by atoms with van der Waals surface area (Å²) in [6, 6.07) is 5.68. The molecule has 1 amide bonds. The zero-order valence-corrected chi connectivity index (χ0v) is 16.9. The number of nitrogens with one attached hydrogen (secondary N) is 1. The van der Waals surface area contributed by atoms with Gasteiger partial charge in [-0.3, -0.25) is 4.79 Å². The van der Waals surface area contributed by atoms with E-state index in [0.717, 1.165) is 0 Å². The maximum absolute atomic E-state index is 12.2. The van der Waals surface area contributed by atoms with Gasteiger partial charge in [0, 0.05) is 16.3 Å². The number of ketones is 1. The normalized spacial score (nSPS) is 12.2. The lowest BCUT2D eigenvalue weighted by Crippen LogP contribution is -2.45. The summed E-state index contributed by atoms with van der Waals surface area (Å²) in [4.78, 5) is 36.1. The Balaban J connectivity index is 2.59. The number of amides is 1. The molecule has 0 aromatic heterocycles. The number of carbonyl (C=O) groups is 3. The smallest absolute Gasteiger partial charge is 0.408 e. The van der Waals surface area contributed by atoms with Crippen LogP contribution in [0.5, 0.6) is 0 Å². The molecule has 6 nitrogen and oxygen atoms in total. The Morgan fingerprint density at radius 3 is 2.35 bits per heavy atom. The van der Waals surface area contributed by atoms with Crippen molar-refractivity contribution in [2.75, 3.05) is 18.1 Å². The Labute approximate surface area is 162 Å². The number of thioether (sulfide) groups is 1. The Hall–Kier alpha value is -1.73. The third-order valence-corrected chi connectivity index (χ3v) is 4.23. The minimum atomic E-state index is -0.896. The van der Waals surface area contributed by atoms with E-state index in [-0.39, 0.29) is 23.9 Å². The lowest BCUT2D eigenvalue weighted by molar-refractivity contribution is -0.145. The molecule has 0 aliphatic heterocycles. The van der Waals surface area contributed by atoms with Crippen LogP contribution in [0.25, 0.3) is 0 Å². The second-order valence-electron chi connectivity index (χ2n) is 6.40. The summed E-state index contributed by atoms with van der Waals surface area (Å²) in [7, 11) is 0. The first-order chi connectivity index (χ1) is 12.1. The molecule has 1 atom stereocenters. The molecular formula is C18H24ClNO5S. The van der Waals surface area contributed by atoms with Crippen LogP contribution in [-0.4, -0.2) is 47.6 Å². The number of hydrogen-bond donors (Lipinski definition) is 1. The van der Waals surface area contributed by atoms with Crippen LogP contribution >= 0.6 is 23.4 Å². The lowest BCUT2D eigenvalue weighted by Gasteiger charge is -2.22. The van der Waals surface area contributed by atoms with Crippen molar-refractivity contribution in [2.45, 2.75) is 39.3 Å². The first kappa shape index (κ1) is 22.3. The highest BCUT2D eigenvalue weighted by Crippen LogP contribution is 2.14. The van der Waals surface area contributed by atoms with Gasteiger partial charge in [-0.1, -0.05) is 11.6 Å². The first-order valence-electron chi connectivity index (χ1n) is 8.15. The molecule has 8 heteroatoms. The van der Waals surface area contributed by atoms with E-state index in [1.54, 1.807) is 52.0 Å². The van der Waals surface area contributed by atoms with Crippen LogP contribution in [0.3, 0.4) is 0 Å². The van der Waals surface area contributed by atoms with Crippen molar-refractivity contribution in [3.05, 3.63) is 34.9 Å². The van der Waals surface area contributed by atoms with Crippen molar-refractivity contribution in [1.82, 2.24) is 5.32 Å². The molecule has 0 unspecified atom stereocenters. The fourth-order valence-corrected chi connectivity index (χ4v) is 2.90. The standard InChI is InChI=1S/C18H24ClNO5S/c1-5-24-16(22)14(20-17(23)25-18(2,3)4)10-26-11-15(21)12-6-8-13(19)9-7-12/h6-9,14H,5,10-11H2,1-4H3,(H,20,23)/t14-/m1/s1. The lowest BCUT2D eigenvalue weighted by atomic mass is 10.1. The highest BCUT2D eigenvalue weighted by atomic mass is 35.5. The number of alkyl carbamates (subject to hydrolysis) is 1. The minimum absolute atomic E-state index is 0.0912. The van der Waals surface area contributed by atoms with Gasteiger partial charge < -0.3 is 14.8 Å². The van der Waals surface area contributed by atoms with Crippen molar-refractivity contribution in [1.29, 1.82) is 0 Å². The van der Waals surface area contributed by atoms with Crippen LogP contribution in [0.1, 0.15) is 38.1 Å². The third-order valence-electron chi connectivity index (χ3n) is 2.95. The topological polar surface area (TPSA) is 81.7 Å². The zero-order valence-electron chi connectivity index (χ0n) is 15.3. The molecule has 1 N–H and O–H groups in total. The van der Waals surface area contributed by atoms with Gasteiger partial charge >= 0.3 is 12.1 Å². The molecule has 0 saturated heterocycles. The summed E-state index contributed by atoms with van der Waals surface area (Å²) in [6.07, 6.45) is -0.708. The van der Waals surface area contributed by atoms with E-state index in [9.17, 15) is 14.4 Å². The van der Waals surface area contributed by atoms with Gasteiger partial charge in [-0.15, -0.1) is 0 Å². The van der Waals surface area contributed by atoms with Gasteiger partial charge in [-0.05, 0) is 52.0 Å². The fourth-order valence-electron chi connectivity index (χ4n) is 1.85. The van der Waals surface area contributed by atoms with E-state index in [1.165, 1.54) is 11.8 Å². The maximum atomic E-state index is 12.2. The second kappa shape index (κ2) is 10.4. The van der Waals surface area contributed by atoms with Crippen molar-refractivity contribution in [3.8, 4) is 0 Å². The number of hydrogen-bond acceptors (Lipinski definition) is 6. The first-order valence-corrected chi connectivity index (χ1v) is 9.68. The monoisotopic (exact) mass is 401 g/mol. The van der Waals surface area contributed by atoms with Crippen molar-refractivity contribution < 1.29 is 23.9 Å². The molecule has 1 aromatic rings. The number of Topliss-reactive ketones (excluding diaryl/α,β-unsaturated/α-hetero) is 1. The van der Waals surface area contributed by atoms with Crippen molar-refractivity contribution in [2.24, 2.45) is 0 Å². The van der Waals surface area contributed by atoms with E-state index in [0.29, 0.717) is 10.6 Å². The molecule has 0 spiro atoms. The Morgan fingerprint density at radius 2 is 1.81 bits per heavy atom. The van der Waals surface area contributed by atoms with E-state index in [1.807, 2.05) is 0 Å². The van der Waals surface area contributed by atoms with E-state index >= 15 is 0 Å². The zero-order chi connectivity index (χ0) is 19.7. The molecule has 0 heterocycles. The maximum Gasteiger partial charge on any atom is 0.408 e. The molecule has 26 heavy (non-hydrogen) atoms. The highest BCUT2D eigenvalue weighted by molar-refractivity contribution is 8.00. The summed E-state index contributed by atoms with van der Waals surface area (Å²) in [5.74, 6) is -0.304. The number of esters is 1. The van der Waals surface area contributed by atoms with Gasteiger partial charge in [-0.25, -0.2) is 9.59 Å². The Morgan fingerprint density at radius 1 is 1.19 bits per heavy atom. The number of rotatable bonds is 8. The Bertz CT molecular complexity index is 627. The molecule has 0 fully saturated rings. The van der Waals surface area contributed by atoms with Crippen LogP contribution in [0.4, 0.5) is 4.79 Å². The predicted octanol–water partition coefficient (Wildman–Crippen LogP) is 3.71. The van der Waals surface area contributed by atoms with E-state index in [4.69, 9.17) is 21.1 Å². The minimum Gasteiger partial charge on any atom is -0.464 e. The van der Waals surface area contributed by atoms with Gasteiger partial charge in [0.05, 0.1) is 12.4 Å². The molecule has 144 valence electrons. The average Bonchev–Trinajstić information content (AvgIpc) is 2.52. The molecule has 0 radical (unpaired) electrons. The highest BCUT2D eigenvalue weighted by Gasteiger charge is 2.25. The van der Waals surface area contributed by atoms with Gasteiger partial charge in [0.2, 0.25) is 0 Å². The summed E-state index contributed by atoms with van der Waals surface area (Å²) in [5.41, 5.74) is -0.143. The predicted molar refractivity (Wildman–Crippen MR) is 103 cm³/mol. The van der Waals surface area contributed by atoms with Crippen LogP contribution in [0, 0.1) is 0 Å². The van der Waals surface area contributed by atoms with Crippen LogP contribution in [0.2, 0.25) is 5.02 Å². The molecule has 0 aliphatic carbocycles. The SMILES string of the molecule is CCOC(=O)[C@@H](CSCC(=O)c1ccc(Cl)cc1)NC(=O)OC(C)(C)C. The number of carbonyl (C=O) groups excluding carboxylic acids is 3. The van der Waals surface area contributed by atoms with Gasteiger partial charge in [0.25, 0.3) is 0 Å². The fraction of sp³-hybridized carbons (Fsp3) is 0.500. The summed E-state index contributed by atoms with van der Waals surface area (Å²) >= 11 is 7.03. The van der Waals surface area contributed by atoms with Crippen molar-refractivity contribution in [3.63, 3.8) is 0 Å². The Kier molecular flexibility index (Phi) is 8.95. The number of benzene rings is 1. The molecule has 0 saturated carbocycles. The van der Waals surface area contributed by atoms with Gasteiger partial charge in [0.15, 0.2) is 5.78 Å². The van der Waals surface area contributed by atoms with Gasteiger partial charge in [0.1, 0.15) is 11.6 Å². The summed E-state index contributed by atoms with van der Waals surface area (Å²) in [5, 5.41) is 3.05. The third kappa shape index (κ3) is 8.58.